The molecule has 1 N–H and O–H groups in total. The summed E-state index contributed by atoms with van der Waals surface area (Å²) < 4.78 is 11.3. The SMILES string of the molecule is CC(C)(C)OC(=O)NCCC1CC2CCC(C1)N2C(=O)OCC1c2ccccc2-c2ccccc21. The molecular weight excluding hydrogens is 440 g/mol. The molecule has 2 bridgehead atoms. The number of nitrogens with zero attached hydrogens (tertiary/aromatic N) is 1. The van der Waals surface area contributed by atoms with Crippen molar-refractivity contribution in [3.8, 4) is 11.1 Å². The Hall–Kier alpha value is -3.02. The monoisotopic (exact) mass is 476 g/mol. The van der Waals surface area contributed by atoms with Crippen LogP contribution in [0.2, 0.25) is 0 Å². The number of amides is 2. The third kappa shape index (κ3) is 5.02. The number of ether oxygens (including phenoxy) is 2. The highest BCUT2D eigenvalue weighted by Gasteiger charge is 2.44. The predicted octanol–water partition coefficient (Wildman–Crippen LogP) is 6.09. The van der Waals surface area contributed by atoms with Crippen LogP contribution in [0.1, 0.15) is 69.9 Å². The molecule has 2 heterocycles. The van der Waals surface area contributed by atoms with Crippen molar-refractivity contribution in [2.24, 2.45) is 5.92 Å². The van der Waals surface area contributed by atoms with Crippen LogP contribution < -0.4 is 5.32 Å². The Kier molecular flexibility index (Phi) is 6.47. The van der Waals surface area contributed by atoms with Crippen molar-refractivity contribution in [1.82, 2.24) is 10.2 Å². The Morgan fingerprint density at radius 1 is 0.943 bits per heavy atom. The molecule has 3 aliphatic rings. The maximum atomic E-state index is 13.2. The van der Waals surface area contributed by atoms with E-state index in [0.29, 0.717) is 19.1 Å². The lowest BCUT2D eigenvalue weighted by Gasteiger charge is -2.38. The third-order valence-electron chi connectivity index (χ3n) is 7.60. The van der Waals surface area contributed by atoms with Crippen molar-refractivity contribution >= 4 is 12.2 Å². The van der Waals surface area contributed by atoms with E-state index in [4.69, 9.17) is 9.47 Å². The Morgan fingerprint density at radius 2 is 1.51 bits per heavy atom. The maximum absolute atomic E-state index is 13.2. The van der Waals surface area contributed by atoms with Crippen LogP contribution in [0.5, 0.6) is 0 Å². The summed E-state index contributed by atoms with van der Waals surface area (Å²) in [4.78, 5) is 27.1. The van der Waals surface area contributed by atoms with Crippen LogP contribution in [0.15, 0.2) is 48.5 Å². The van der Waals surface area contributed by atoms with E-state index < -0.39 is 5.60 Å². The molecule has 186 valence electrons. The molecule has 0 aromatic heterocycles. The molecular formula is C29H36N2O4. The lowest BCUT2D eigenvalue weighted by molar-refractivity contribution is 0.0499. The van der Waals surface area contributed by atoms with Gasteiger partial charge in [0.15, 0.2) is 0 Å². The van der Waals surface area contributed by atoms with E-state index in [1.165, 1.54) is 22.3 Å². The minimum atomic E-state index is -0.489. The summed E-state index contributed by atoms with van der Waals surface area (Å²) in [6.07, 6.45) is 4.37. The van der Waals surface area contributed by atoms with Crippen molar-refractivity contribution in [3.63, 3.8) is 0 Å². The summed E-state index contributed by atoms with van der Waals surface area (Å²) in [5.74, 6) is 0.584. The van der Waals surface area contributed by atoms with Gasteiger partial charge in [-0.05, 0) is 81.0 Å². The van der Waals surface area contributed by atoms with E-state index in [-0.39, 0.29) is 30.2 Å². The smallest absolute Gasteiger partial charge is 0.410 e. The van der Waals surface area contributed by atoms with Crippen LogP contribution in [0.25, 0.3) is 11.1 Å². The molecule has 0 spiro atoms. The van der Waals surface area contributed by atoms with Crippen molar-refractivity contribution in [2.75, 3.05) is 13.2 Å². The van der Waals surface area contributed by atoms with Gasteiger partial charge in [0.1, 0.15) is 12.2 Å². The summed E-state index contributed by atoms with van der Waals surface area (Å²) in [5, 5.41) is 2.87. The Labute approximate surface area is 208 Å². The Balaban J connectivity index is 1.15. The van der Waals surface area contributed by atoms with Crippen LogP contribution in [-0.2, 0) is 9.47 Å². The zero-order valence-corrected chi connectivity index (χ0v) is 21.0. The largest absolute Gasteiger partial charge is 0.448 e. The normalized spacial score (nSPS) is 22.9. The first-order chi connectivity index (χ1) is 16.8. The third-order valence-corrected chi connectivity index (χ3v) is 7.60. The van der Waals surface area contributed by atoms with E-state index in [1.807, 2.05) is 25.7 Å². The molecule has 2 saturated heterocycles. The molecule has 35 heavy (non-hydrogen) atoms. The second kappa shape index (κ2) is 9.56. The van der Waals surface area contributed by atoms with Gasteiger partial charge in [0.2, 0.25) is 0 Å². The van der Waals surface area contributed by atoms with E-state index in [0.717, 1.165) is 32.1 Å². The Bertz CT molecular complexity index is 1030. The van der Waals surface area contributed by atoms with Gasteiger partial charge in [-0.2, -0.15) is 0 Å². The summed E-state index contributed by atoms with van der Waals surface area (Å²) in [6, 6.07) is 17.3. The molecule has 6 nitrogen and oxygen atoms in total. The fourth-order valence-electron chi connectivity index (χ4n) is 6.18. The standard InChI is InChI=1S/C29H36N2O4/c1-29(2,3)35-27(32)30-15-14-19-16-20-12-13-21(17-19)31(20)28(33)34-18-26-24-10-6-4-8-22(24)23-9-5-7-11-25(23)26/h4-11,19-21,26H,12-18H2,1-3H3,(H,30,32). The van der Waals surface area contributed by atoms with Crippen LogP contribution in [0, 0.1) is 5.92 Å². The summed E-state index contributed by atoms with van der Waals surface area (Å²) in [6.45, 7) is 6.56. The molecule has 2 aliphatic heterocycles. The van der Waals surface area contributed by atoms with Crippen LogP contribution in [0.3, 0.4) is 0 Å². The van der Waals surface area contributed by atoms with Crippen molar-refractivity contribution < 1.29 is 19.1 Å². The molecule has 0 radical (unpaired) electrons. The molecule has 2 atom stereocenters. The number of hydrogen-bond acceptors (Lipinski definition) is 4. The van der Waals surface area contributed by atoms with Crippen LogP contribution in [0.4, 0.5) is 9.59 Å². The maximum Gasteiger partial charge on any atom is 0.410 e. The molecule has 2 unspecified atom stereocenters. The fraction of sp³-hybridized carbons (Fsp3) is 0.517. The van der Waals surface area contributed by atoms with Gasteiger partial charge >= 0.3 is 12.2 Å². The summed E-state index contributed by atoms with van der Waals surface area (Å²) in [7, 11) is 0. The summed E-state index contributed by atoms with van der Waals surface area (Å²) in [5.41, 5.74) is 4.47. The highest BCUT2D eigenvalue weighted by molar-refractivity contribution is 5.79. The molecule has 2 amide bonds. The van der Waals surface area contributed by atoms with Gasteiger partial charge < -0.3 is 19.7 Å². The minimum Gasteiger partial charge on any atom is -0.448 e. The van der Waals surface area contributed by atoms with Crippen molar-refractivity contribution in [3.05, 3.63) is 59.7 Å². The molecule has 2 aromatic carbocycles. The van der Waals surface area contributed by atoms with Gasteiger partial charge in [-0.3, -0.25) is 0 Å². The highest BCUT2D eigenvalue weighted by atomic mass is 16.6. The minimum absolute atomic E-state index is 0.0838. The molecule has 5 rings (SSSR count). The van der Waals surface area contributed by atoms with E-state index >= 15 is 0 Å². The van der Waals surface area contributed by atoms with Crippen molar-refractivity contribution in [2.45, 2.75) is 76.5 Å². The van der Waals surface area contributed by atoms with Gasteiger partial charge in [0.25, 0.3) is 0 Å². The van der Waals surface area contributed by atoms with Gasteiger partial charge in [-0.15, -0.1) is 0 Å². The first-order valence-electron chi connectivity index (χ1n) is 12.9. The number of rotatable bonds is 5. The molecule has 2 fully saturated rings. The van der Waals surface area contributed by atoms with Crippen molar-refractivity contribution in [1.29, 1.82) is 0 Å². The zero-order chi connectivity index (χ0) is 24.6. The first kappa shape index (κ1) is 23.7. The Morgan fingerprint density at radius 3 is 2.09 bits per heavy atom. The quantitative estimate of drug-likeness (QED) is 0.567. The van der Waals surface area contributed by atoms with E-state index in [2.05, 4.69) is 53.8 Å². The number of hydrogen-bond donors (Lipinski definition) is 1. The van der Waals surface area contributed by atoms with Gasteiger partial charge in [0, 0.05) is 24.5 Å². The number of piperidine rings is 1. The average Bonchev–Trinajstić information content (AvgIpc) is 3.28. The number of nitrogens with one attached hydrogen (secondary N) is 1. The van der Waals surface area contributed by atoms with Crippen LogP contribution in [-0.4, -0.2) is 47.9 Å². The second-order valence-corrected chi connectivity index (χ2v) is 11.2. The van der Waals surface area contributed by atoms with E-state index in [1.54, 1.807) is 0 Å². The topological polar surface area (TPSA) is 67.9 Å². The molecule has 6 heteroatoms. The van der Waals surface area contributed by atoms with Gasteiger partial charge in [-0.1, -0.05) is 48.5 Å². The number of carbonyl (C=O) groups excluding carboxylic acids is 2. The highest BCUT2D eigenvalue weighted by Crippen LogP contribution is 2.45. The van der Waals surface area contributed by atoms with Gasteiger partial charge in [0.05, 0.1) is 0 Å². The predicted molar refractivity (Wildman–Crippen MR) is 135 cm³/mol. The lowest BCUT2D eigenvalue weighted by Crippen LogP contribution is -2.47. The number of fused-ring (bicyclic) bond motifs is 5. The van der Waals surface area contributed by atoms with Crippen LogP contribution >= 0.6 is 0 Å². The molecule has 0 saturated carbocycles. The molecule has 1 aliphatic carbocycles. The fourth-order valence-corrected chi connectivity index (χ4v) is 6.18. The van der Waals surface area contributed by atoms with E-state index in [9.17, 15) is 9.59 Å². The molecule has 2 aromatic rings. The number of alkyl carbamates (subject to hydrolysis) is 1. The zero-order valence-electron chi connectivity index (χ0n) is 21.0. The summed E-state index contributed by atoms with van der Waals surface area (Å²) >= 11 is 0. The first-order valence-corrected chi connectivity index (χ1v) is 12.9. The lowest BCUT2D eigenvalue weighted by atomic mass is 9.88. The number of benzene rings is 2. The van der Waals surface area contributed by atoms with Gasteiger partial charge in [-0.25, -0.2) is 9.59 Å². The second-order valence-electron chi connectivity index (χ2n) is 11.2. The number of carbonyl (C=O) groups is 2. The average molecular weight is 477 g/mol.